The second-order valence-corrected chi connectivity index (χ2v) is 5.21. The summed E-state index contributed by atoms with van der Waals surface area (Å²) in [4.78, 5) is 12.1. The van der Waals surface area contributed by atoms with Crippen molar-refractivity contribution in [2.45, 2.75) is 6.54 Å². The molecule has 0 aromatic heterocycles. The smallest absolute Gasteiger partial charge is 0.267 e. The summed E-state index contributed by atoms with van der Waals surface area (Å²) in [6.45, 7) is 0.500. The van der Waals surface area contributed by atoms with Crippen LogP contribution >= 0.6 is 0 Å². The van der Waals surface area contributed by atoms with E-state index in [1.54, 1.807) is 12.3 Å². The van der Waals surface area contributed by atoms with Crippen LogP contribution in [0.25, 0.3) is 11.1 Å². The lowest BCUT2D eigenvalue weighted by Gasteiger charge is -2.09. The second kappa shape index (κ2) is 7.27. The molecule has 2 aromatic rings. The van der Waals surface area contributed by atoms with Crippen LogP contribution in [0.5, 0.6) is 0 Å². The molecule has 0 radical (unpaired) electrons. The van der Waals surface area contributed by atoms with Crippen molar-refractivity contribution in [3.8, 4) is 11.1 Å². The van der Waals surface area contributed by atoms with E-state index in [9.17, 15) is 4.79 Å². The van der Waals surface area contributed by atoms with Gasteiger partial charge in [0.15, 0.2) is 0 Å². The first kappa shape index (κ1) is 14.9. The minimum absolute atomic E-state index is 0.117. The molecule has 2 aromatic carbocycles. The predicted molar refractivity (Wildman–Crippen MR) is 93.2 cm³/mol. The average molecular weight is 302 g/mol. The van der Waals surface area contributed by atoms with Crippen molar-refractivity contribution in [2.24, 2.45) is 0 Å². The normalized spacial score (nSPS) is 13.0. The molecule has 23 heavy (non-hydrogen) atoms. The fourth-order valence-electron chi connectivity index (χ4n) is 2.32. The van der Waals surface area contributed by atoms with Crippen LogP contribution in [-0.4, -0.2) is 5.91 Å². The zero-order valence-electron chi connectivity index (χ0n) is 12.7. The van der Waals surface area contributed by atoms with Crippen LogP contribution in [-0.2, 0) is 11.3 Å². The number of amides is 1. The maximum Gasteiger partial charge on any atom is 0.267 e. The molecule has 0 fully saturated rings. The van der Waals surface area contributed by atoms with Gasteiger partial charge >= 0.3 is 0 Å². The number of carbonyl (C=O) groups excluding carboxylic acids is 1. The van der Waals surface area contributed by atoms with Crippen LogP contribution in [0.1, 0.15) is 5.56 Å². The molecule has 1 heterocycles. The molecule has 1 aliphatic heterocycles. The molecule has 114 valence electrons. The summed E-state index contributed by atoms with van der Waals surface area (Å²) < 4.78 is 0. The van der Waals surface area contributed by atoms with E-state index in [4.69, 9.17) is 0 Å². The fourth-order valence-corrected chi connectivity index (χ4v) is 2.32. The second-order valence-electron chi connectivity index (χ2n) is 5.21. The maximum absolute atomic E-state index is 12.1. The Balaban J connectivity index is 1.61. The largest absolute Gasteiger partial charge is 0.357 e. The van der Waals surface area contributed by atoms with E-state index in [1.807, 2.05) is 48.6 Å². The van der Waals surface area contributed by atoms with Crippen molar-refractivity contribution in [3.63, 3.8) is 0 Å². The van der Waals surface area contributed by atoms with Gasteiger partial charge in [0.1, 0.15) is 5.70 Å². The topological polar surface area (TPSA) is 41.1 Å². The molecular formula is C20H18N2O. The molecule has 0 bridgehead atoms. The minimum Gasteiger partial charge on any atom is -0.357 e. The third-order valence-corrected chi connectivity index (χ3v) is 3.58. The van der Waals surface area contributed by atoms with Gasteiger partial charge in [-0.15, -0.1) is 0 Å². The number of hydrogen-bond acceptors (Lipinski definition) is 2. The van der Waals surface area contributed by atoms with Gasteiger partial charge < -0.3 is 10.6 Å². The number of benzene rings is 2. The third kappa shape index (κ3) is 3.98. The van der Waals surface area contributed by atoms with E-state index in [0.29, 0.717) is 12.2 Å². The van der Waals surface area contributed by atoms with Crippen LogP contribution in [0.3, 0.4) is 0 Å². The quantitative estimate of drug-likeness (QED) is 0.907. The van der Waals surface area contributed by atoms with Crippen LogP contribution < -0.4 is 10.6 Å². The van der Waals surface area contributed by atoms with Crippen molar-refractivity contribution in [1.29, 1.82) is 0 Å². The summed E-state index contributed by atoms with van der Waals surface area (Å²) in [5.41, 5.74) is 3.97. The highest BCUT2D eigenvalue weighted by Gasteiger charge is 2.07. The maximum atomic E-state index is 12.1. The Labute approximate surface area is 136 Å². The van der Waals surface area contributed by atoms with Crippen molar-refractivity contribution >= 4 is 5.91 Å². The van der Waals surface area contributed by atoms with Gasteiger partial charge in [-0.05, 0) is 28.8 Å². The molecule has 0 saturated heterocycles. The molecule has 2 N–H and O–H groups in total. The lowest BCUT2D eigenvalue weighted by atomic mass is 10.0. The lowest BCUT2D eigenvalue weighted by molar-refractivity contribution is -0.117. The van der Waals surface area contributed by atoms with Crippen LogP contribution in [0.15, 0.2) is 90.8 Å². The van der Waals surface area contributed by atoms with Crippen molar-refractivity contribution in [2.75, 3.05) is 0 Å². The van der Waals surface area contributed by atoms with E-state index < -0.39 is 0 Å². The van der Waals surface area contributed by atoms with Crippen LogP contribution in [0.4, 0.5) is 0 Å². The molecule has 3 rings (SSSR count). The number of rotatable bonds is 4. The summed E-state index contributed by atoms with van der Waals surface area (Å²) >= 11 is 0. The van der Waals surface area contributed by atoms with Gasteiger partial charge in [-0.1, -0.05) is 66.7 Å². The zero-order chi connectivity index (χ0) is 15.9. The van der Waals surface area contributed by atoms with Gasteiger partial charge in [0.25, 0.3) is 5.91 Å². The van der Waals surface area contributed by atoms with Crippen molar-refractivity contribution in [3.05, 3.63) is 96.4 Å². The molecule has 0 atom stereocenters. The Bertz CT molecular complexity index is 756. The van der Waals surface area contributed by atoms with Crippen molar-refractivity contribution < 1.29 is 4.79 Å². The lowest BCUT2D eigenvalue weighted by Crippen LogP contribution is -2.29. The highest BCUT2D eigenvalue weighted by Crippen LogP contribution is 2.19. The van der Waals surface area contributed by atoms with Gasteiger partial charge in [0.2, 0.25) is 0 Å². The monoisotopic (exact) mass is 302 g/mol. The molecule has 0 aliphatic carbocycles. The molecule has 3 nitrogen and oxygen atoms in total. The van der Waals surface area contributed by atoms with Gasteiger partial charge in [-0.25, -0.2) is 0 Å². The molecule has 0 spiro atoms. The van der Waals surface area contributed by atoms with Gasteiger partial charge in [0.05, 0.1) is 0 Å². The van der Waals surface area contributed by atoms with E-state index in [0.717, 1.165) is 5.56 Å². The highest BCUT2D eigenvalue weighted by molar-refractivity contribution is 5.93. The molecule has 0 saturated carbocycles. The Morgan fingerprint density at radius 1 is 0.870 bits per heavy atom. The Morgan fingerprint density at radius 2 is 1.61 bits per heavy atom. The third-order valence-electron chi connectivity index (χ3n) is 3.58. The van der Waals surface area contributed by atoms with E-state index in [-0.39, 0.29) is 5.91 Å². The Kier molecular flexibility index (Phi) is 4.69. The van der Waals surface area contributed by atoms with Crippen LogP contribution in [0.2, 0.25) is 0 Å². The van der Waals surface area contributed by atoms with Gasteiger partial charge in [-0.3, -0.25) is 4.79 Å². The zero-order valence-corrected chi connectivity index (χ0v) is 12.7. The first-order valence-corrected chi connectivity index (χ1v) is 7.55. The van der Waals surface area contributed by atoms with E-state index >= 15 is 0 Å². The Morgan fingerprint density at radius 3 is 2.39 bits per heavy atom. The number of nitrogens with one attached hydrogen (secondary N) is 2. The molecule has 3 heteroatoms. The molecular weight excluding hydrogens is 284 g/mol. The van der Waals surface area contributed by atoms with Crippen LogP contribution in [0, 0.1) is 0 Å². The number of allylic oxidation sites excluding steroid dienone is 4. The first-order valence-electron chi connectivity index (χ1n) is 7.55. The highest BCUT2D eigenvalue weighted by atomic mass is 16.2. The standard InChI is InChI=1S/C20H18N2O/c23-20(19-9-5-2-6-14-21-19)22-15-16-10-12-18(13-11-16)17-7-3-1-4-8-17/h1-14,21H,15H2,(H,22,23). The fraction of sp³-hybridized carbons (Fsp3) is 0.0500. The predicted octanol–water partition coefficient (Wildman–Crippen LogP) is 3.53. The van der Waals surface area contributed by atoms with Crippen molar-refractivity contribution in [1.82, 2.24) is 10.6 Å². The summed E-state index contributed by atoms with van der Waals surface area (Å²) in [6.07, 6.45) is 9.05. The van der Waals surface area contributed by atoms with E-state index in [1.165, 1.54) is 11.1 Å². The Hall–Kier alpha value is -3.07. The SMILES string of the molecule is O=C(NCc1ccc(-c2ccccc2)cc1)C1=CC=CC=CN1. The molecule has 0 unspecified atom stereocenters. The summed E-state index contributed by atoms with van der Waals surface area (Å²) in [5, 5.41) is 5.87. The first-order chi connectivity index (χ1) is 11.3. The number of carbonyl (C=O) groups is 1. The molecule has 1 aliphatic rings. The minimum atomic E-state index is -0.117. The van der Waals surface area contributed by atoms with Gasteiger partial charge in [0, 0.05) is 12.7 Å². The van der Waals surface area contributed by atoms with Gasteiger partial charge in [-0.2, -0.15) is 0 Å². The number of hydrogen-bond donors (Lipinski definition) is 2. The molecule has 1 amide bonds. The average Bonchev–Trinajstić information content (AvgIpc) is 2.90. The summed E-state index contributed by atoms with van der Waals surface area (Å²) in [7, 11) is 0. The summed E-state index contributed by atoms with van der Waals surface area (Å²) in [6, 6.07) is 18.5. The summed E-state index contributed by atoms with van der Waals surface area (Å²) in [5.74, 6) is -0.117. The van der Waals surface area contributed by atoms with E-state index in [2.05, 4.69) is 34.9 Å².